The van der Waals surface area contributed by atoms with Crippen LogP contribution in [-0.4, -0.2) is 30.7 Å². The molecule has 2 aromatic heterocycles. The Morgan fingerprint density at radius 3 is 2.60 bits per heavy atom. The summed E-state index contributed by atoms with van der Waals surface area (Å²) in [5.41, 5.74) is 3.53. The molecule has 2 heterocycles. The molecule has 158 valence electrons. The van der Waals surface area contributed by atoms with Crippen molar-refractivity contribution in [3.63, 3.8) is 0 Å². The van der Waals surface area contributed by atoms with Gasteiger partial charge in [0.25, 0.3) is 5.19 Å². The summed E-state index contributed by atoms with van der Waals surface area (Å²) in [5, 5.41) is 4.91. The minimum absolute atomic E-state index is 0.498. The molecule has 0 atom stereocenters. The Balaban J connectivity index is 1.31. The van der Waals surface area contributed by atoms with E-state index in [9.17, 15) is 0 Å². The SMILES string of the molecule is COc1ncc(-c2cccc(NCC3CCC(c4cnc(OC)c(Cl)c4)CC3)c2)s1. The van der Waals surface area contributed by atoms with Crippen LogP contribution in [0.3, 0.4) is 0 Å². The molecular weight excluding hydrogens is 418 g/mol. The third-order valence-corrected chi connectivity index (χ3v) is 7.02. The van der Waals surface area contributed by atoms with Crippen molar-refractivity contribution in [2.24, 2.45) is 5.92 Å². The van der Waals surface area contributed by atoms with E-state index >= 15 is 0 Å². The van der Waals surface area contributed by atoms with Gasteiger partial charge in [-0.05, 0) is 66.8 Å². The molecule has 0 saturated heterocycles. The summed E-state index contributed by atoms with van der Waals surface area (Å²) in [5.74, 6) is 1.70. The largest absolute Gasteiger partial charge is 0.480 e. The third-order valence-electron chi connectivity index (χ3n) is 5.74. The summed E-state index contributed by atoms with van der Waals surface area (Å²) >= 11 is 7.81. The predicted octanol–water partition coefficient (Wildman–Crippen LogP) is 6.26. The van der Waals surface area contributed by atoms with Crippen molar-refractivity contribution in [3.05, 3.63) is 53.3 Å². The normalized spacial score (nSPS) is 18.8. The van der Waals surface area contributed by atoms with Crippen LogP contribution in [0.5, 0.6) is 11.1 Å². The number of nitrogens with one attached hydrogen (secondary N) is 1. The second-order valence-corrected chi connectivity index (χ2v) is 9.03. The van der Waals surface area contributed by atoms with Crippen molar-refractivity contribution < 1.29 is 9.47 Å². The van der Waals surface area contributed by atoms with Gasteiger partial charge in [0, 0.05) is 24.6 Å². The lowest BCUT2D eigenvalue weighted by Gasteiger charge is -2.29. The summed E-state index contributed by atoms with van der Waals surface area (Å²) in [7, 11) is 3.24. The van der Waals surface area contributed by atoms with E-state index in [2.05, 4.69) is 39.6 Å². The van der Waals surface area contributed by atoms with E-state index in [0.717, 1.165) is 35.5 Å². The molecule has 1 N–H and O–H groups in total. The van der Waals surface area contributed by atoms with Crippen molar-refractivity contribution in [2.45, 2.75) is 31.6 Å². The van der Waals surface area contributed by atoms with Crippen LogP contribution in [0.15, 0.2) is 42.7 Å². The van der Waals surface area contributed by atoms with Gasteiger partial charge < -0.3 is 14.8 Å². The molecule has 1 aliphatic rings. The van der Waals surface area contributed by atoms with Gasteiger partial charge in [-0.15, -0.1) is 0 Å². The molecule has 3 aromatic rings. The predicted molar refractivity (Wildman–Crippen MR) is 123 cm³/mol. The van der Waals surface area contributed by atoms with Crippen molar-refractivity contribution in [2.75, 3.05) is 26.1 Å². The summed E-state index contributed by atoms with van der Waals surface area (Å²) in [6, 6.07) is 10.5. The first-order valence-corrected chi connectivity index (χ1v) is 11.4. The first-order chi connectivity index (χ1) is 14.7. The zero-order valence-electron chi connectivity index (χ0n) is 17.2. The van der Waals surface area contributed by atoms with Gasteiger partial charge in [-0.2, -0.15) is 0 Å². The average molecular weight is 444 g/mol. The van der Waals surface area contributed by atoms with Crippen LogP contribution in [0.25, 0.3) is 10.4 Å². The van der Waals surface area contributed by atoms with Gasteiger partial charge in [0.05, 0.1) is 19.1 Å². The van der Waals surface area contributed by atoms with E-state index in [1.54, 1.807) is 25.6 Å². The van der Waals surface area contributed by atoms with Crippen LogP contribution in [0, 0.1) is 5.92 Å². The van der Waals surface area contributed by atoms with Crippen LogP contribution in [0.4, 0.5) is 5.69 Å². The highest BCUT2D eigenvalue weighted by molar-refractivity contribution is 7.16. The molecule has 1 aromatic carbocycles. The topological polar surface area (TPSA) is 56.3 Å². The quantitative estimate of drug-likeness (QED) is 0.466. The number of rotatable bonds is 7. The van der Waals surface area contributed by atoms with E-state index in [1.165, 1.54) is 18.4 Å². The molecular formula is C23H26ClN3O2S. The summed E-state index contributed by atoms with van der Waals surface area (Å²) in [6.07, 6.45) is 8.51. The fourth-order valence-corrected chi connectivity index (χ4v) is 5.02. The summed E-state index contributed by atoms with van der Waals surface area (Å²) < 4.78 is 10.4. The van der Waals surface area contributed by atoms with E-state index in [0.29, 0.717) is 27.9 Å². The van der Waals surface area contributed by atoms with Crippen molar-refractivity contribution >= 4 is 28.6 Å². The van der Waals surface area contributed by atoms with Gasteiger partial charge in [-0.1, -0.05) is 35.1 Å². The van der Waals surface area contributed by atoms with E-state index < -0.39 is 0 Å². The Kier molecular flexibility index (Phi) is 6.75. The van der Waals surface area contributed by atoms with Gasteiger partial charge in [0.1, 0.15) is 5.02 Å². The highest BCUT2D eigenvalue weighted by atomic mass is 35.5. The lowest BCUT2D eigenvalue weighted by Crippen LogP contribution is -2.20. The number of methoxy groups -OCH3 is 2. The second kappa shape index (κ2) is 9.67. The first kappa shape index (κ1) is 20.9. The molecule has 0 radical (unpaired) electrons. The highest BCUT2D eigenvalue weighted by Crippen LogP contribution is 2.38. The van der Waals surface area contributed by atoms with Crippen LogP contribution >= 0.6 is 22.9 Å². The number of ether oxygens (including phenoxy) is 2. The van der Waals surface area contributed by atoms with Crippen LogP contribution in [-0.2, 0) is 0 Å². The number of aromatic nitrogens is 2. The maximum Gasteiger partial charge on any atom is 0.273 e. The number of halogens is 1. The first-order valence-electron chi connectivity index (χ1n) is 10.2. The van der Waals surface area contributed by atoms with Gasteiger partial charge in [-0.25, -0.2) is 9.97 Å². The van der Waals surface area contributed by atoms with Gasteiger partial charge in [-0.3, -0.25) is 0 Å². The number of nitrogens with zero attached hydrogens (tertiary/aromatic N) is 2. The molecule has 1 fully saturated rings. The number of benzene rings is 1. The Labute approximate surface area is 186 Å². The zero-order valence-corrected chi connectivity index (χ0v) is 18.8. The van der Waals surface area contributed by atoms with Crippen molar-refractivity contribution in [1.29, 1.82) is 0 Å². The number of hydrogen-bond donors (Lipinski definition) is 1. The Morgan fingerprint density at radius 2 is 1.90 bits per heavy atom. The molecule has 0 amide bonds. The van der Waals surface area contributed by atoms with Crippen molar-refractivity contribution in [3.8, 4) is 21.5 Å². The molecule has 4 rings (SSSR count). The number of anilines is 1. The standard InChI is InChI=1S/C23H26ClN3O2S/c1-28-22-20(24)11-18(13-26-22)16-8-6-15(7-9-16)12-25-19-5-3-4-17(10-19)21-14-27-23(29-2)30-21/h3-5,10-11,13-16,25H,6-9,12H2,1-2H3. The van der Waals surface area contributed by atoms with Crippen LogP contribution in [0.2, 0.25) is 5.02 Å². The maximum absolute atomic E-state index is 6.25. The average Bonchev–Trinajstić information content (AvgIpc) is 3.28. The fourth-order valence-electron chi connectivity index (χ4n) is 4.04. The molecule has 0 aliphatic heterocycles. The van der Waals surface area contributed by atoms with Gasteiger partial charge in [0.2, 0.25) is 5.88 Å². The van der Waals surface area contributed by atoms with Crippen LogP contribution < -0.4 is 14.8 Å². The summed E-state index contributed by atoms with van der Waals surface area (Å²) in [4.78, 5) is 9.71. The summed E-state index contributed by atoms with van der Waals surface area (Å²) in [6.45, 7) is 0.990. The molecule has 30 heavy (non-hydrogen) atoms. The Morgan fingerprint density at radius 1 is 1.07 bits per heavy atom. The number of pyridine rings is 1. The number of thiazole rings is 1. The Hall–Kier alpha value is -2.31. The smallest absolute Gasteiger partial charge is 0.273 e. The van der Waals surface area contributed by atoms with E-state index in [-0.39, 0.29) is 0 Å². The molecule has 1 aliphatic carbocycles. The monoisotopic (exact) mass is 443 g/mol. The molecule has 1 saturated carbocycles. The molecule has 5 nitrogen and oxygen atoms in total. The molecule has 0 bridgehead atoms. The third kappa shape index (κ3) is 4.87. The second-order valence-electron chi connectivity index (χ2n) is 7.63. The van der Waals surface area contributed by atoms with Gasteiger partial charge >= 0.3 is 0 Å². The molecule has 7 heteroatoms. The minimum atomic E-state index is 0.498. The van der Waals surface area contributed by atoms with Crippen molar-refractivity contribution in [1.82, 2.24) is 9.97 Å². The fraction of sp³-hybridized carbons (Fsp3) is 0.391. The molecule has 0 unspecified atom stereocenters. The zero-order chi connectivity index (χ0) is 20.9. The van der Waals surface area contributed by atoms with Gasteiger partial charge in [0.15, 0.2) is 0 Å². The molecule has 0 spiro atoms. The van der Waals surface area contributed by atoms with E-state index in [1.807, 2.05) is 18.5 Å². The van der Waals surface area contributed by atoms with Crippen LogP contribution in [0.1, 0.15) is 37.2 Å². The van der Waals surface area contributed by atoms with E-state index in [4.69, 9.17) is 21.1 Å². The minimum Gasteiger partial charge on any atom is -0.480 e. The number of hydrogen-bond acceptors (Lipinski definition) is 6. The highest BCUT2D eigenvalue weighted by Gasteiger charge is 2.23. The lowest BCUT2D eigenvalue weighted by atomic mass is 9.79. The lowest BCUT2D eigenvalue weighted by molar-refractivity contribution is 0.337. The maximum atomic E-state index is 6.25. The Bertz CT molecular complexity index is 986.